The van der Waals surface area contributed by atoms with E-state index in [0.717, 1.165) is 5.56 Å². The smallest absolute Gasteiger partial charge is 0.239 e. The summed E-state index contributed by atoms with van der Waals surface area (Å²) in [6, 6.07) is 12.7. The van der Waals surface area contributed by atoms with Crippen molar-refractivity contribution in [2.45, 2.75) is 13.5 Å². The van der Waals surface area contributed by atoms with Gasteiger partial charge in [0.15, 0.2) is 17.3 Å². The van der Waals surface area contributed by atoms with E-state index >= 15 is 0 Å². The third-order valence-corrected chi connectivity index (χ3v) is 3.67. The number of benzene rings is 2. The van der Waals surface area contributed by atoms with E-state index in [4.69, 9.17) is 9.47 Å². The molecule has 0 bridgehead atoms. The zero-order valence-electron chi connectivity index (χ0n) is 13.3. The van der Waals surface area contributed by atoms with E-state index in [9.17, 15) is 9.59 Å². The molecule has 0 saturated carbocycles. The molecule has 2 aromatic carbocycles. The molecule has 0 saturated heterocycles. The van der Waals surface area contributed by atoms with Crippen molar-refractivity contribution in [1.82, 2.24) is 5.32 Å². The third-order valence-electron chi connectivity index (χ3n) is 3.67. The lowest BCUT2D eigenvalue weighted by Crippen LogP contribution is -2.29. The summed E-state index contributed by atoms with van der Waals surface area (Å²) in [7, 11) is 0. The molecule has 0 spiro atoms. The van der Waals surface area contributed by atoms with E-state index in [-0.39, 0.29) is 25.0 Å². The first kappa shape index (κ1) is 15.9. The number of rotatable bonds is 6. The van der Waals surface area contributed by atoms with Gasteiger partial charge in [0, 0.05) is 17.8 Å². The molecule has 1 heterocycles. The summed E-state index contributed by atoms with van der Waals surface area (Å²) in [5, 5.41) is 5.82. The molecule has 0 fully saturated rings. The van der Waals surface area contributed by atoms with E-state index < -0.39 is 0 Å². The summed E-state index contributed by atoms with van der Waals surface area (Å²) in [4.78, 5) is 23.5. The number of nitrogens with one attached hydrogen (secondary N) is 2. The van der Waals surface area contributed by atoms with Crippen molar-refractivity contribution in [3.05, 3.63) is 53.6 Å². The van der Waals surface area contributed by atoms with E-state index in [1.54, 1.807) is 18.2 Å². The predicted octanol–water partition coefficient (Wildman–Crippen LogP) is 2.35. The molecule has 124 valence electrons. The maximum Gasteiger partial charge on any atom is 0.239 e. The lowest BCUT2D eigenvalue weighted by atomic mass is 10.1. The normalized spacial score (nSPS) is 11.9. The second-order valence-electron chi connectivity index (χ2n) is 5.42. The van der Waals surface area contributed by atoms with Crippen LogP contribution in [0.25, 0.3) is 0 Å². The van der Waals surface area contributed by atoms with Crippen LogP contribution in [-0.4, -0.2) is 25.0 Å². The number of Topliss-reactive ketones (excluding diaryl/α,β-unsaturated/α-hetero) is 1. The van der Waals surface area contributed by atoms with Crippen molar-refractivity contribution in [3.8, 4) is 11.5 Å². The van der Waals surface area contributed by atoms with Gasteiger partial charge in [-0.1, -0.05) is 18.2 Å². The number of anilines is 1. The average molecular weight is 326 g/mol. The largest absolute Gasteiger partial charge is 0.454 e. The molecule has 6 nitrogen and oxygen atoms in total. The summed E-state index contributed by atoms with van der Waals surface area (Å²) in [6.45, 7) is 2.21. The lowest BCUT2D eigenvalue weighted by molar-refractivity contribution is -0.119. The van der Waals surface area contributed by atoms with Crippen molar-refractivity contribution in [2.75, 3.05) is 18.7 Å². The maximum atomic E-state index is 12.0. The highest BCUT2D eigenvalue weighted by Crippen LogP contribution is 2.32. The summed E-state index contributed by atoms with van der Waals surface area (Å²) in [5.41, 5.74) is 2.15. The average Bonchev–Trinajstić information content (AvgIpc) is 3.06. The third kappa shape index (κ3) is 3.65. The van der Waals surface area contributed by atoms with Gasteiger partial charge >= 0.3 is 0 Å². The Hall–Kier alpha value is -3.02. The first-order valence-electron chi connectivity index (χ1n) is 7.62. The van der Waals surface area contributed by atoms with E-state index in [1.807, 2.05) is 24.3 Å². The van der Waals surface area contributed by atoms with Crippen molar-refractivity contribution in [1.29, 1.82) is 0 Å². The van der Waals surface area contributed by atoms with Crippen LogP contribution in [0.2, 0.25) is 0 Å². The van der Waals surface area contributed by atoms with Crippen LogP contribution < -0.4 is 20.1 Å². The number of ketones is 1. The summed E-state index contributed by atoms with van der Waals surface area (Å²) < 4.78 is 10.6. The number of para-hydroxylation sites is 1. The highest BCUT2D eigenvalue weighted by Gasteiger charge is 2.13. The van der Waals surface area contributed by atoms with Crippen LogP contribution in [0, 0.1) is 0 Å². The fourth-order valence-corrected chi connectivity index (χ4v) is 2.43. The minimum Gasteiger partial charge on any atom is -0.454 e. The molecule has 0 atom stereocenters. The Labute approximate surface area is 139 Å². The van der Waals surface area contributed by atoms with Gasteiger partial charge in [0.1, 0.15) is 0 Å². The van der Waals surface area contributed by atoms with Crippen LogP contribution in [0.3, 0.4) is 0 Å². The zero-order chi connectivity index (χ0) is 16.9. The Bertz CT molecular complexity index is 773. The Morgan fingerprint density at radius 2 is 1.88 bits per heavy atom. The lowest BCUT2D eigenvalue weighted by Gasteiger charge is -2.10. The Balaban J connectivity index is 1.52. The Kier molecular flexibility index (Phi) is 4.65. The number of carbonyl (C=O) groups is 2. The number of carbonyl (C=O) groups excluding carboxylic acids is 2. The first-order chi connectivity index (χ1) is 11.6. The van der Waals surface area contributed by atoms with Crippen LogP contribution in [0.15, 0.2) is 42.5 Å². The van der Waals surface area contributed by atoms with Gasteiger partial charge in [-0.05, 0) is 36.8 Å². The molecular weight excluding hydrogens is 308 g/mol. The molecule has 1 aliphatic rings. The van der Waals surface area contributed by atoms with Gasteiger partial charge in [-0.25, -0.2) is 0 Å². The maximum absolute atomic E-state index is 12.0. The summed E-state index contributed by atoms with van der Waals surface area (Å²) in [6.07, 6.45) is 0. The van der Waals surface area contributed by atoms with E-state index in [2.05, 4.69) is 10.6 Å². The van der Waals surface area contributed by atoms with Gasteiger partial charge in [0.2, 0.25) is 12.7 Å². The fraction of sp³-hybridized carbons (Fsp3) is 0.222. The number of hydrogen-bond acceptors (Lipinski definition) is 5. The Morgan fingerprint density at radius 1 is 1.08 bits per heavy atom. The van der Waals surface area contributed by atoms with Crippen molar-refractivity contribution in [2.24, 2.45) is 0 Å². The highest BCUT2D eigenvalue weighted by atomic mass is 16.7. The van der Waals surface area contributed by atoms with Crippen LogP contribution in [0.4, 0.5) is 5.69 Å². The van der Waals surface area contributed by atoms with E-state index in [0.29, 0.717) is 29.3 Å². The van der Waals surface area contributed by atoms with Gasteiger partial charge in [-0.15, -0.1) is 0 Å². The quantitative estimate of drug-likeness (QED) is 0.797. The van der Waals surface area contributed by atoms with Gasteiger partial charge in [0.25, 0.3) is 0 Å². The SMILES string of the molecule is CC(=O)c1ccccc1NCC(=O)NCc1ccc2c(c1)OCO2. The van der Waals surface area contributed by atoms with Gasteiger partial charge < -0.3 is 20.1 Å². The number of hydrogen-bond donors (Lipinski definition) is 2. The monoisotopic (exact) mass is 326 g/mol. The second-order valence-corrected chi connectivity index (χ2v) is 5.42. The molecule has 2 aromatic rings. The minimum absolute atomic E-state index is 0.0427. The van der Waals surface area contributed by atoms with Gasteiger partial charge in [-0.3, -0.25) is 9.59 Å². The topological polar surface area (TPSA) is 76.7 Å². The zero-order valence-corrected chi connectivity index (χ0v) is 13.3. The highest BCUT2D eigenvalue weighted by molar-refractivity contribution is 6.00. The molecule has 6 heteroatoms. The van der Waals surface area contributed by atoms with Gasteiger partial charge in [0.05, 0.1) is 6.54 Å². The fourth-order valence-electron chi connectivity index (χ4n) is 2.43. The molecule has 24 heavy (non-hydrogen) atoms. The summed E-state index contributed by atoms with van der Waals surface area (Å²) in [5.74, 6) is 1.20. The molecule has 2 N–H and O–H groups in total. The van der Waals surface area contributed by atoms with Crippen LogP contribution in [0.5, 0.6) is 11.5 Å². The Morgan fingerprint density at radius 3 is 2.71 bits per heavy atom. The molecule has 0 radical (unpaired) electrons. The van der Waals surface area contributed by atoms with Crippen molar-refractivity contribution < 1.29 is 19.1 Å². The first-order valence-corrected chi connectivity index (χ1v) is 7.62. The van der Waals surface area contributed by atoms with Crippen molar-refractivity contribution in [3.63, 3.8) is 0 Å². The van der Waals surface area contributed by atoms with Crippen molar-refractivity contribution >= 4 is 17.4 Å². The van der Waals surface area contributed by atoms with E-state index in [1.165, 1.54) is 6.92 Å². The number of ether oxygens (including phenoxy) is 2. The molecule has 1 aliphatic heterocycles. The molecule has 0 aliphatic carbocycles. The van der Waals surface area contributed by atoms with Crippen LogP contribution in [-0.2, 0) is 11.3 Å². The second kappa shape index (κ2) is 7.04. The molecule has 0 aromatic heterocycles. The molecule has 1 amide bonds. The standard InChI is InChI=1S/C18H18N2O4/c1-12(21)14-4-2-3-5-15(14)19-10-18(22)20-9-13-6-7-16-17(8-13)24-11-23-16/h2-8,19H,9-11H2,1H3,(H,20,22). The van der Waals surface area contributed by atoms with Crippen LogP contribution >= 0.6 is 0 Å². The number of amides is 1. The van der Waals surface area contributed by atoms with Crippen LogP contribution in [0.1, 0.15) is 22.8 Å². The molecule has 0 unspecified atom stereocenters. The minimum atomic E-state index is -0.161. The van der Waals surface area contributed by atoms with Gasteiger partial charge in [-0.2, -0.15) is 0 Å². The number of fused-ring (bicyclic) bond motifs is 1. The summed E-state index contributed by atoms with van der Waals surface area (Å²) >= 11 is 0. The molecular formula is C18H18N2O4. The molecule has 3 rings (SSSR count). The predicted molar refractivity (Wildman–Crippen MR) is 89.3 cm³/mol.